The fraction of sp³-hybridized carbons (Fsp3) is 0.923. The number of piperidine rings is 1. The predicted molar refractivity (Wildman–Crippen MR) is 115 cm³/mol. The second-order valence-corrected chi connectivity index (χ2v) is 12.4. The smallest absolute Gasteiger partial charge is 0.120 e. The van der Waals surface area contributed by atoms with Crippen molar-refractivity contribution in [1.29, 1.82) is 0 Å². The molecule has 0 aromatic carbocycles. The minimum Gasteiger partial charge on any atom is -0.393 e. The zero-order chi connectivity index (χ0) is 20.0. The van der Waals surface area contributed by atoms with Crippen molar-refractivity contribution in [3.8, 4) is 0 Å². The lowest BCUT2D eigenvalue weighted by molar-refractivity contribution is -0.0960. The minimum atomic E-state index is -0.0964. The predicted octanol–water partition coefficient (Wildman–Crippen LogP) is 5.04. The number of fused-ring (bicyclic) bond motifs is 7. The highest BCUT2D eigenvalue weighted by Gasteiger charge is 2.65. The molecule has 0 amide bonds. The third kappa shape index (κ3) is 2.66. The summed E-state index contributed by atoms with van der Waals surface area (Å²) in [5, 5.41) is 14.1. The number of nitrogens with one attached hydrogen (secondary N) is 1. The molecule has 3 saturated carbocycles. The number of hydrogen-bond acceptors (Lipinski definition) is 3. The molecule has 0 bridgehead atoms. The Morgan fingerprint density at radius 2 is 1.93 bits per heavy atom. The van der Waals surface area contributed by atoms with Gasteiger partial charge >= 0.3 is 0 Å². The van der Waals surface area contributed by atoms with E-state index in [1.54, 1.807) is 5.57 Å². The van der Waals surface area contributed by atoms with Crippen molar-refractivity contribution in [1.82, 2.24) is 5.32 Å². The molecule has 6 rings (SSSR count). The molecule has 10 unspecified atom stereocenters. The van der Waals surface area contributed by atoms with Crippen molar-refractivity contribution in [3.05, 3.63) is 11.6 Å². The van der Waals surface area contributed by atoms with E-state index >= 15 is 0 Å². The molecule has 2 heterocycles. The molecule has 2 saturated heterocycles. The lowest BCUT2D eigenvalue weighted by atomic mass is 9.47. The summed E-state index contributed by atoms with van der Waals surface area (Å²) in [4.78, 5) is 0. The standard InChI is InChI=1S/C26H41NO2/c1-16-6-11-26(27-15-16)14-22-23(29-26)13-21-19-5-4-17-12-18(28)7-9-24(17,2)20(19)8-10-25(21,22)3/h4,16,18-23,27-28H,5-15H2,1-3H3. The zero-order valence-electron chi connectivity index (χ0n) is 18.8. The maximum atomic E-state index is 10.2. The van der Waals surface area contributed by atoms with Crippen molar-refractivity contribution in [2.24, 2.45) is 40.4 Å². The van der Waals surface area contributed by atoms with Crippen LogP contribution in [0.2, 0.25) is 0 Å². The summed E-state index contributed by atoms with van der Waals surface area (Å²) < 4.78 is 6.89. The minimum absolute atomic E-state index is 0.00219. The van der Waals surface area contributed by atoms with Crippen molar-refractivity contribution in [3.63, 3.8) is 0 Å². The molecular weight excluding hydrogens is 358 g/mol. The number of aliphatic hydroxyl groups is 1. The monoisotopic (exact) mass is 399 g/mol. The van der Waals surface area contributed by atoms with Gasteiger partial charge in [-0.25, -0.2) is 0 Å². The molecule has 162 valence electrons. The van der Waals surface area contributed by atoms with E-state index in [0.29, 0.717) is 16.9 Å². The van der Waals surface area contributed by atoms with Crippen LogP contribution in [0.3, 0.4) is 0 Å². The van der Waals surface area contributed by atoms with E-state index in [1.807, 2.05) is 0 Å². The second-order valence-electron chi connectivity index (χ2n) is 12.4. The van der Waals surface area contributed by atoms with Gasteiger partial charge in [-0.3, -0.25) is 5.32 Å². The van der Waals surface area contributed by atoms with Gasteiger partial charge in [0.25, 0.3) is 0 Å². The summed E-state index contributed by atoms with van der Waals surface area (Å²) in [7, 11) is 0. The van der Waals surface area contributed by atoms with Crippen LogP contribution in [-0.4, -0.2) is 29.6 Å². The van der Waals surface area contributed by atoms with Crippen molar-refractivity contribution >= 4 is 0 Å². The van der Waals surface area contributed by atoms with Gasteiger partial charge in [-0.2, -0.15) is 0 Å². The van der Waals surface area contributed by atoms with Crippen LogP contribution in [0.25, 0.3) is 0 Å². The molecule has 10 atom stereocenters. The van der Waals surface area contributed by atoms with Gasteiger partial charge < -0.3 is 9.84 Å². The lowest BCUT2D eigenvalue weighted by Gasteiger charge is -2.58. The number of allylic oxidation sites excluding steroid dienone is 1. The van der Waals surface area contributed by atoms with Gasteiger partial charge in [0.2, 0.25) is 0 Å². The van der Waals surface area contributed by atoms with E-state index in [0.717, 1.165) is 49.0 Å². The Balaban J connectivity index is 1.25. The summed E-state index contributed by atoms with van der Waals surface area (Å²) in [6.45, 7) is 8.67. The molecule has 2 N–H and O–H groups in total. The highest BCUT2D eigenvalue weighted by Crippen LogP contribution is 2.69. The molecule has 3 nitrogen and oxygen atoms in total. The van der Waals surface area contributed by atoms with Gasteiger partial charge in [0.05, 0.1) is 12.2 Å². The van der Waals surface area contributed by atoms with E-state index in [4.69, 9.17) is 4.74 Å². The topological polar surface area (TPSA) is 41.5 Å². The largest absolute Gasteiger partial charge is 0.393 e. The van der Waals surface area contributed by atoms with E-state index in [1.165, 1.54) is 51.4 Å². The first-order valence-electron chi connectivity index (χ1n) is 12.6. The summed E-state index contributed by atoms with van der Waals surface area (Å²) in [6.07, 6.45) is 15.2. The number of rotatable bonds is 0. The Morgan fingerprint density at radius 1 is 1.07 bits per heavy atom. The van der Waals surface area contributed by atoms with Crippen molar-refractivity contribution in [2.45, 2.75) is 103 Å². The summed E-state index contributed by atoms with van der Waals surface area (Å²) in [6, 6.07) is 0. The third-order valence-corrected chi connectivity index (χ3v) is 11.0. The average Bonchev–Trinajstić information content (AvgIpc) is 3.18. The van der Waals surface area contributed by atoms with Crippen LogP contribution in [0.5, 0.6) is 0 Å². The summed E-state index contributed by atoms with van der Waals surface area (Å²) in [5.74, 6) is 4.04. The van der Waals surface area contributed by atoms with E-state index in [9.17, 15) is 5.11 Å². The first-order chi connectivity index (χ1) is 13.8. The van der Waals surface area contributed by atoms with Crippen LogP contribution in [0.4, 0.5) is 0 Å². The Kier molecular flexibility index (Phi) is 4.21. The van der Waals surface area contributed by atoms with E-state index in [2.05, 4.69) is 32.2 Å². The molecule has 2 aliphatic heterocycles. The van der Waals surface area contributed by atoms with Gasteiger partial charge in [-0.1, -0.05) is 32.4 Å². The molecule has 0 aromatic heterocycles. The average molecular weight is 400 g/mol. The molecule has 0 radical (unpaired) electrons. The summed E-state index contributed by atoms with van der Waals surface area (Å²) >= 11 is 0. The van der Waals surface area contributed by atoms with Gasteiger partial charge in [-0.05, 0) is 105 Å². The maximum Gasteiger partial charge on any atom is 0.120 e. The second kappa shape index (κ2) is 6.33. The fourth-order valence-corrected chi connectivity index (χ4v) is 9.23. The lowest BCUT2D eigenvalue weighted by Crippen LogP contribution is -2.53. The van der Waals surface area contributed by atoms with Crippen molar-refractivity contribution < 1.29 is 9.84 Å². The molecule has 29 heavy (non-hydrogen) atoms. The normalized spacial score (nSPS) is 58.9. The van der Waals surface area contributed by atoms with Crippen LogP contribution in [0.1, 0.15) is 85.0 Å². The highest BCUT2D eigenvalue weighted by molar-refractivity contribution is 5.26. The Hall–Kier alpha value is -0.380. The molecular formula is C26H41NO2. The first-order valence-corrected chi connectivity index (χ1v) is 12.6. The number of aliphatic hydroxyl groups excluding tert-OH is 1. The van der Waals surface area contributed by atoms with Gasteiger partial charge in [0.15, 0.2) is 0 Å². The Morgan fingerprint density at radius 3 is 2.72 bits per heavy atom. The van der Waals surface area contributed by atoms with Crippen LogP contribution >= 0.6 is 0 Å². The van der Waals surface area contributed by atoms with Gasteiger partial charge in [-0.15, -0.1) is 0 Å². The van der Waals surface area contributed by atoms with Crippen molar-refractivity contribution in [2.75, 3.05) is 6.54 Å². The SMILES string of the molecule is CC1CCC2(CC3C(CC4C5CC=C6CC(O)CCC6(C)C5CCC34C)O2)NC1. The van der Waals surface area contributed by atoms with E-state index < -0.39 is 0 Å². The van der Waals surface area contributed by atoms with Gasteiger partial charge in [0.1, 0.15) is 5.72 Å². The molecule has 3 heteroatoms. The van der Waals surface area contributed by atoms with Crippen LogP contribution in [-0.2, 0) is 4.74 Å². The zero-order valence-corrected chi connectivity index (χ0v) is 18.8. The molecule has 1 spiro atoms. The Bertz CT molecular complexity index is 709. The highest BCUT2D eigenvalue weighted by atomic mass is 16.5. The number of hydrogen-bond donors (Lipinski definition) is 2. The quantitative estimate of drug-likeness (QED) is 0.561. The molecule has 0 aromatic rings. The van der Waals surface area contributed by atoms with Crippen LogP contribution < -0.4 is 5.32 Å². The van der Waals surface area contributed by atoms with Gasteiger partial charge in [0, 0.05) is 6.54 Å². The van der Waals surface area contributed by atoms with Crippen LogP contribution in [0, 0.1) is 40.4 Å². The fourth-order valence-electron chi connectivity index (χ4n) is 9.23. The third-order valence-electron chi connectivity index (χ3n) is 11.0. The molecule has 6 aliphatic rings. The van der Waals surface area contributed by atoms with Crippen LogP contribution in [0.15, 0.2) is 11.6 Å². The Labute approximate surface area is 177 Å². The van der Waals surface area contributed by atoms with E-state index in [-0.39, 0.29) is 11.8 Å². The summed E-state index contributed by atoms with van der Waals surface area (Å²) in [5.41, 5.74) is 2.41. The maximum absolute atomic E-state index is 10.2. The number of ether oxygens (including phenoxy) is 1. The first kappa shape index (κ1) is 19.3. The molecule has 4 aliphatic carbocycles. The molecule has 5 fully saturated rings.